The molecule has 4 heteroatoms. The molecule has 105 valence electrons. The van der Waals surface area contributed by atoms with E-state index in [9.17, 15) is 10.2 Å². The van der Waals surface area contributed by atoms with Gasteiger partial charge in [0.2, 0.25) is 0 Å². The Morgan fingerprint density at radius 1 is 0.950 bits per heavy atom. The molecule has 1 radical (unpaired) electrons. The molecule has 0 aliphatic heterocycles. The van der Waals surface area contributed by atoms with Gasteiger partial charge in [0.05, 0.1) is 11.2 Å². The van der Waals surface area contributed by atoms with E-state index in [1.807, 2.05) is 38.1 Å². The highest BCUT2D eigenvalue weighted by atomic mass is 16.5. The highest BCUT2D eigenvalue weighted by molar-refractivity contribution is 6.47. The largest absolute Gasteiger partial charge is 0.508 e. The first-order chi connectivity index (χ1) is 9.19. The van der Waals surface area contributed by atoms with Crippen molar-refractivity contribution in [3.8, 4) is 5.75 Å². The van der Waals surface area contributed by atoms with E-state index in [-0.39, 0.29) is 5.75 Å². The minimum atomic E-state index is -0.938. The Balaban J connectivity index is 2.17. The SMILES string of the molecule is CC(C)(O)C(C)(C)O[B]c1ccc2cc(O)ccc2c1. The molecule has 2 N–H and O–H groups in total. The van der Waals surface area contributed by atoms with Gasteiger partial charge in [-0.3, -0.25) is 0 Å². The first kappa shape index (κ1) is 14.9. The van der Waals surface area contributed by atoms with E-state index in [2.05, 4.69) is 0 Å². The first-order valence-electron chi connectivity index (χ1n) is 6.65. The Hall–Kier alpha value is -1.52. The lowest BCUT2D eigenvalue weighted by Gasteiger charge is -2.37. The summed E-state index contributed by atoms with van der Waals surface area (Å²) in [6.45, 7) is 7.15. The van der Waals surface area contributed by atoms with E-state index in [1.165, 1.54) is 0 Å². The van der Waals surface area contributed by atoms with E-state index in [4.69, 9.17) is 4.65 Å². The molecule has 0 heterocycles. The van der Waals surface area contributed by atoms with E-state index in [0.29, 0.717) is 0 Å². The Labute approximate surface area is 120 Å². The Bertz CT molecular complexity index is 615. The summed E-state index contributed by atoms with van der Waals surface area (Å²) in [5.74, 6) is 0.258. The molecular formula is C16H20BO3. The van der Waals surface area contributed by atoms with Crippen LogP contribution in [0.2, 0.25) is 0 Å². The molecule has 3 nitrogen and oxygen atoms in total. The summed E-state index contributed by atoms with van der Waals surface area (Å²) in [4.78, 5) is 0. The van der Waals surface area contributed by atoms with Gasteiger partial charge in [0, 0.05) is 0 Å². The van der Waals surface area contributed by atoms with Gasteiger partial charge in [0.1, 0.15) is 5.75 Å². The van der Waals surface area contributed by atoms with Crippen molar-refractivity contribution >= 4 is 23.7 Å². The van der Waals surface area contributed by atoms with Gasteiger partial charge in [-0.2, -0.15) is 0 Å². The van der Waals surface area contributed by atoms with Gasteiger partial charge < -0.3 is 14.9 Å². The lowest BCUT2D eigenvalue weighted by molar-refractivity contribution is -0.0893. The number of benzene rings is 2. The summed E-state index contributed by atoms with van der Waals surface area (Å²) < 4.78 is 5.73. The van der Waals surface area contributed by atoms with Crippen LogP contribution in [-0.4, -0.2) is 28.9 Å². The van der Waals surface area contributed by atoms with Crippen molar-refractivity contribution in [1.29, 1.82) is 0 Å². The number of aromatic hydroxyl groups is 1. The fraction of sp³-hybridized carbons (Fsp3) is 0.375. The third kappa shape index (κ3) is 3.14. The molecule has 0 bridgehead atoms. The van der Waals surface area contributed by atoms with Crippen LogP contribution in [0.5, 0.6) is 5.75 Å². The van der Waals surface area contributed by atoms with Crippen LogP contribution in [0, 0.1) is 0 Å². The topological polar surface area (TPSA) is 49.7 Å². The van der Waals surface area contributed by atoms with Crippen molar-refractivity contribution < 1.29 is 14.9 Å². The van der Waals surface area contributed by atoms with Crippen molar-refractivity contribution in [2.24, 2.45) is 0 Å². The number of hydrogen-bond donors (Lipinski definition) is 2. The fourth-order valence-electron chi connectivity index (χ4n) is 1.68. The zero-order chi connectivity index (χ0) is 15.0. The average molecular weight is 271 g/mol. The van der Waals surface area contributed by atoms with Crippen molar-refractivity contribution in [1.82, 2.24) is 0 Å². The summed E-state index contributed by atoms with van der Waals surface area (Å²) in [6, 6.07) is 11.1. The summed E-state index contributed by atoms with van der Waals surface area (Å²) in [5, 5.41) is 21.5. The van der Waals surface area contributed by atoms with Crippen molar-refractivity contribution in [2.75, 3.05) is 0 Å². The number of phenols is 1. The predicted octanol–water partition coefficient (Wildman–Crippen LogP) is 2.36. The maximum absolute atomic E-state index is 10.1. The van der Waals surface area contributed by atoms with Gasteiger partial charge >= 0.3 is 7.48 Å². The molecule has 2 rings (SSSR count). The monoisotopic (exact) mass is 271 g/mol. The first-order valence-corrected chi connectivity index (χ1v) is 6.65. The van der Waals surface area contributed by atoms with Crippen LogP contribution in [0.4, 0.5) is 0 Å². The molecule has 0 saturated heterocycles. The molecule has 0 saturated carbocycles. The fourth-order valence-corrected chi connectivity index (χ4v) is 1.68. The van der Waals surface area contributed by atoms with E-state index in [0.717, 1.165) is 16.2 Å². The number of aliphatic hydroxyl groups is 1. The second-order valence-corrected chi connectivity index (χ2v) is 6.10. The smallest absolute Gasteiger partial charge is 0.330 e. The molecule has 0 atom stereocenters. The van der Waals surface area contributed by atoms with Gasteiger partial charge in [-0.15, -0.1) is 0 Å². The maximum Gasteiger partial charge on any atom is 0.330 e. The third-order valence-electron chi connectivity index (χ3n) is 3.81. The number of hydrogen-bond acceptors (Lipinski definition) is 3. The lowest BCUT2D eigenvalue weighted by Crippen LogP contribution is -2.49. The summed E-state index contributed by atoms with van der Waals surface area (Å²) in [5.41, 5.74) is -0.705. The van der Waals surface area contributed by atoms with E-state index in [1.54, 1.807) is 33.5 Å². The summed E-state index contributed by atoms with van der Waals surface area (Å²) >= 11 is 0. The molecule has 0 spiro atoms. The normalized spacial score (nSPS) is 12.7. The maximum atomic E-state index is 10.1. The van der Waals surface area contributed by atoms with Crippen molar-refractivity contribution in [2.45, 2.75) is 38.9 Å². The average Bonchev–Trinajstić information content (AvgIpc) is 2.35. The zero-order valence-electron chi connectivity index (χ0n) is 12.3. The van der Waals surface area contributed by atoms with E-state index >= 15 is 0 Å². The molecule has 2 aromatic rings. The van der Waals surface area contributed by atoms with Crippen molar-refractivity contribution in [3.05, 3.63) is 36.4 Å². The Kier molecular flexibility index (Phi) is 3.81. The Morgan fingerprint density at radius 3 is 2.20 bits per heavy atom. The van der Waals surface area contributed by atoms with Gasteiger partial charge in [0.25, 0.3) is 0 Å². The Morgan fingerprint density at radius 2 is 1.55 bits per heavy atom. The number of rotatable bonds is 4. The molecule has 0 fully saturated rings. The van der Waals surface area contributed by atoms with Crippen LogP contribution < -0.4 is 5.46 Å². The van der Waals surface area contributed by atoms with Crippen LogP contribution in [0.15, 0.2) is 36.4 Å². The molecule has 0 aromatic heterocycles. The van der Waals surface area contributed by atoms with E-state index < -0.39 is 11.2 Å². The van der Waals surface area contributed by atoms with Gasteiger partial charge in [0.15, 0.2) is 0 Å². The predicted molar refractivity (Wildman–Crippen MR) is 82.5 cm³/mol. The molecular weight excluding hydrogens is 251 g/mol. The second kappa shape index (κ2) is 5.11. The number of fused-ring (bicyclic) bond motifs is 1. The molecule has 0 amide bonds. The van der Waals surface area contributed by atoms with Crippen LogP contribution in [0.3, 0.4) is 0 Å². The summed E-state index contributed by atoms with van der Waals surface area (Å²) in [6.07, 6.45) is 0. The quantitative estimate of drug-likeness (QED) is 0.839. The highest BCUT2D eigenvalue weighted by Gasteiger charge is 2.35. The number of phenolic OH excluding ortho intramolecular Hbond substituents is 1. The van der Waals surface area contributed by atoms with Crippen LogP contribution in [-0.2, 0) is 4.65 Å². The van der Waals surface area contributed by atoms with Crippen LogP contribution in [0.25, 0.3) is 10.8 Å². The van der Waals surface area contributed by atoms with Gasteiger partial charge in [-0.05, 0) is 50.6 Å². The standard InChI is InChI=1S/C16H20BO3/c1-15(2,19)16(3,4)20-17-13-7-5-12-10-14(18)8-6-11(12)9-13/h5-10,18-19H,1-4H3. The third-order valence-corrected chi connectivity index (χ3v) is 3.81. The molecule has 0 aliphatic carbocycles. The molecule has 0 unspecified atom stereocenters. The van der Waals surface area contributed by atoms with Gasteiger partial charge in [-0.25, -0.2) is 0 Å². The minimum absolute atomic E-state index is 0.258. The van der Waals surface area contributed by atoms with Crippen molar-refractivity contribution in [3.63, 3.8) is 0 Å². The molecule has 2 aromatic carbocycles. The van der Waals surface area contributed by atoms with Gasteiger partial charge in [-0.1, -0.05) is 29.7 Å². The summed E-state index contributed by atoms with van der Waals surface area (Å²) in [7, 11) is 1.66. The second-order valence-electron chi connectivity index (χ2n) is 6.10. The highest BCUT2D eigenvalue weighted by Crippen LogP contribution is 2.24. The lowest BCUT2D eigenvalue weighted by atomic mass is 9.82. The van der Waals surface area contributed by atoms with Crippen LogP contribution >= 0.6 is 0 Å². The van der Waals surface area contributed by atoms with Crippen LogP contribution in [0.1, 0.15) is 27.7 Å². The minimum Gasteiger partial charge on any atom is -0.508 e. The molecule has 20 heavy (non-hydrogen) atoms. The zero-order valence-corrected chi connectivity index (χ0v) is 12.3. The molecule has 0 aliphatic rings.